The molecule has 0 aromatic carbocycles. The first-order valence-electron chi connectivity index (χ1n) is 10.2. The summed E-state index contributed by atoms with van der Waals surface area (Å²) in [6.07, 6.45) is 2.13. The summed E-state index contributed by atoms with van der Waals surface area (Å²) in [7, 11) is 0. The lowest BCUT2D eigenvalue weighted by Crippen LogP contribution is -2.56. The maximum absolute atomic E-state index is 12.6. The number of rotatable bonds is 7. The van der Waals surface area contributed by atoms with Gasteiger partial charge in [-0.25, -0.2) is 4.79 Å². The number of aliphatic carboxylic acids is 1. The van der Waals surface area contributed by atoms with Crippen molar-refractivity contribution in [3.63, 3.8) is 0 Å². The van der Waals surface area contributed by atoms with E-state index in [1.54, 1.807) is 6.92 Å². The number of nitrogens with two attached hydrogens (primary N) is 1. The largest absolute Gasteiger partial charge is 0.480 e. The summed E-state index contributed by atoms with van der Waals surface area (Å²) in [5.74, 6) is -2.88. The van der Waals surface area contributed by atoms with Gasteiger partial charge in [0.15, 0.2) is 0 Å². The maximum atomic E-state index is 12.6. The van der Waals surface area contributed by atoms with Gasteiger partial charge in [-0.05, 0) is 46.5 Å². The van der Waals surface area contributed by atoms with Crippen molar-refractivity contribution in [3.05, 3.63) is 0 Å². The molecule has 0 aromatic rings. The number of carbonyl (C=O) groups excluding carboxylic acids is 4. The second-order valence-electron chi connectivity index (χ2n) is 7.97. The first-order chi connectivity index (χ1) is 14.0. The van der Waals surface area contributed by atoms with Gasteiger partial charge in [-0.2, -0.15) is 0 Å². The van der Waals surface area contributed by atoms with Gasteiger partial charge in [0.2, 0.25) is 23.6 Å². The van der Waals surface area contributed by atoms with Gasteiger partial charge < -0.3 is 31.3 Å². The lowest BCUT2D eigenvalue weighted by Gasteiger charge is -2.28. The monoisotopic (exact) mass is 425 g/mol. The molecular weight excluding hydrogens is 394 g/mol. The van der Waals surface area contributed by atoms with Gasteiger partial charge in [0, 0.05) is 13.1 Å². The standard InChI is InChI=1S/C19H31N5O6/c1-10(20)17(27)23-8-4-6-13(23)16(26)21-11(2)15(25)22-12(3)18(28)24-9-5-7-14(24)19(29)30/h10-14H,4-9,20H2,1-3H3,(H,21,26)(H,22,25)(H,29,30)/t10-,11-,12-,13-,14-/m0/s1. The van der Waals surface area contributed by atoms with Crippen molar-refractivity contribution >= 4 is 29.6 Å². The van der Waals surface area contributed by atoms with Crippen LogP contribution >= 0.6 is 0 Å². The molecule has 0 bridgehead atoms. The molecule has 4 amide bonds. The van der Waals surface area contributed by atoms with Crippen LogP contribution in [0.15, 0.2) is 0 Å². The Morgan fingerprint density at radius 1 is 0.867 bits per heavy atom. The van der Waals surface area contributed by atoms with Crippen molar-refractivity contribution in [2.24, 2.45) is 5.73 Å². The van der Waals surface area contributed by atoms with Gasteiger partial charge in [-0.1, -0.05) is 0 Å². The Balaban J connectivity index is 1.91. The van der Waals surface area contributed by atoms with E-state index in [2.05, 4.69) is 10.6 Å². The van der Waals surface area contributed by atoms with Crippen LogP contribution in [0.2, 0.25) is 0 Å². The number of carboxylic acid groups (broad SMARTS) is 1. The van der Waals surface area contributed by atoms with Crippen LogP contribution in [0.25, 0.3) is 0 Å². The number of hydrogen-bond acceptors (Lipinski definition) is 6. The normalized spacial score (nSPS) is 24.1. The van der Waals surface area contributed by atoms with Crippen LogP contribution in [0.3, 0.4) is 0 Å². The zero-order valence-electron chi connectivity index (χ0n) is 17.6. The first-order valence-corrected chi connectivity index (χ1v) is 10.2. The lowest BCUT2D eigenvalue weighted by molar-refractivity contribution is -0.149. The molecule has 2 saturated heterocycles. The summed E-state index contributed by atoms with van der Waals surface area (Å²) < 4.78 is 0. The predicted molar refractivity (Wildman–Crippen MR) is 106 cm³/mol. The van der Waals surface area contributed by atoms with Crippen LogP contribution in [0, 0.1) is 0 Å². The highest BCUT2D eigenvalue weighted by Gasteiger charge is 2.38. The van der Waals surface area contributed by atoms with Gasteiger partial charge in [0.05, 0.1) is 6.04 Å². The molecule has 0 spiro atoms. The fourth-order valence-electron chi connectivity index (χ4n) is 3.88. The summed E-state index contributed by atoms with van der Waals surface area (Å²) in [5, 5.41) is 14.3. The Labute approximate surface area is 175 Å². The Bertz CT molecular complexity index is 712. The molecule has 0 unspecified atom stereocenters. The van der Waals surface area contributed by atoms with Crippen molar-refractivity contribution in [2.45, 2.75) is 76.7 Å². The molecule has 2 aliphatic heterocycles. The van der Waals surface area contributed by atoms with E-state index in [9.17, 15) is 29.1 Å². The molecule has 0 saturated carbocycles. The second-order valence-corrected chi connectivity index (χ2v) is 7.97. The van der Waals surface area contributed by atoms with Gasteiger partial charge in [-0.3, -0.25) is 19.2 Å². The van der Waals surface area contributed by atoms with Gasteiger partial charge in [-0.15, -0.1) is 0 Å². The number of nitrogens with one attached hydrogen (secondary N) is 2. The molecule has 2 aliphatic rings. The van der Waals surface area contributed by atoms with E-state index >= 15 is 0 Å². The summed E-state index contributed by atoms with van der Waals surface area (Å²) in [6.45, 7) is 5.27. The summed E-state index contributed by atoms with van der Waals surface area (Å²) in [5.41, 5.74) is 5.63. The zero-order chi connectivity index (χ0) is 22.6. The average Bonchev–Trinajstić information content (AvgIpc) is 3.35. The minimum absolute atomic E-state index is 0.317. The molecule has 5 atom stereocenters. The Morgan fingerprint density at radius 3 is 1.93 bits per heavy atom. The van der Waals surface area contributed by atoms with E-state index in [1.165, 1.54) is 23.6 Å². The van der Waals surface area contributed by atoms with E-state index in [-0.39, 0.29) is 5.91 Å². The topological polar surface area (TPSA) is 162 Å². The third-order valence-corrected chi connectivity index (χ3v) is 5.53. The van der Waals surface area contributed by atoms with Crippen molar-refractivity contribution in [1.29, 1.82) is 0 Å². The van der Waals surface area contributed by atoms with Gasteiger partial charge in [0.1, 0.15) is 24.2 Å². The van der Waals surface area contributed by atoms with E-state index < -0.39 is 53.9 Å². The zero-order valence-corrected chi connectivity index (χ0v) is 17.6. The second kappa shape index (κ2) is 9.88. The van der Waals surface area contributed by atoms with E-state index in [1.807, 2.05) is 0 Å². The molecule has 168 valence electrons. The van der Waals surface area contributed by atoms with Crippen LogP contribution < -0.4 is 16.4 Å². The number of carbonyl (C=O) groups is 5. The number of nitrogens with zero attached hydrogens (tertiary/aromatic N) is 2. The van der Waals surface area contributed by atoms with Crippen molar-refractivity contribution in [2.75, 3.05) is 13.1 Å². The summed E-state index contributed by atoms with van der Waals surface area (Å²) in [6, 6.07) is -4.15. The molecule has 2 fully saturated rings. The molecule has 2 rings (SSSR count). The third-order valence-electron chi connectivity index (χ3n) is 5.53. The number of likely N-dealkylation sites (tertiary alicyclic amines) is 2. The van der Waals surface area contributed by atoms with E-state index in [0.29, 0.717) is 38.8 Å². The Kier molecular flexibility index (Phi) is 7.77. The molecular formula is C19H31N5O6. The van der Waals surface area contributed by atoms with Crippen LogP contribution in [0.1, 0.15) is 46.5 Å². The van der Waals surface area contributed by atoms with Crippen LogP contribution in [-0.2, 0) is 24.0 Å². The highest BCUT2D eigenvalue weighted by Crippen LogP contribution is 2.19. The maximum Gasteiger partial charge on any atom is 0.326 e. The average molecular weight is 425 g/mol. The lowest BCUT2D eigenvalue weighted by atomic mass is 10.1. The molecule has 0 radical (unpaired) electrons. The summed E-state index contributed by atoms with van der Waals surface area (Å²) in [4.78, 5) is 63.7. The first kappa shape index (κ1) is 23.6. The number of amides is 4. The highest BCUT2D eigenvalue weighted by molar-refractivity contribution is 5.95. The smallest absolute Gasteiger partial charge is 0.326 e. The minimum atomic E-state index is -1.07. The fraction of sp³-hybridized carbons (Fsp3) is 0.737. The Hall–Kier alpha value is -2.69. The predicted octanol–water partition coefficient (Wildman–Crippen LogP) is -1.59. The molecule has 5 N–H and O–H groups in total. The van der Waals surface area contributed by atoms with Crippen LogP contribution in [-0.4, -0.2) is 87.8 Å². The van der Waals surface area contributed by atoms with E-state index in [0.717, 1.165) is 0 Å². The van der Waals surface area contributed by atoms with Crippen LogP contribution in [0.5, 0.6) is 0 Å². The number of carboxylic acids is 1. The summed E-state index contributed by atoms with van der Waals surface area (Å²) >= 11 is 0. The fourth-order valence-corrected chi connectivity index (χ4v) is 3.88. The molecule has 0 aromatic heterocycles. The highest BCUT2D eigenvalue weighted by atomic mass is 16.4. The molecule has 30 heavy (non-hydrogen) atoms. The quantitative estimate of drug-likeness (QED) is 0.382. The molecule has 2 heterocycles. The van der Waals surface area contributed by atoms with Gasteiger partial charge in [0.25, 0.3) is 0 Å². The van der Waals surface area contributed by atoms with E-state index in [4.69, 9.17) is 5.73 Å². The Morgan fingerprint density at radius 2 is 1.40 bits per heavy atom. The third kappa shape index (κ3) is 5.26. The van der Waals surface area contributed by atoms with Crippen molar-refractivity contribution in [3.8, 4) is 0 Å². The van der Waals surface area contributed by atoms with Gasteiger partial charge >= 0.3 is 5.97 Å². The SMILES string of the molecule is C[C@H](N)C(=O)N1CCC[C@H]1C(=O)N[C@@H](C)C(=O)N[C@@H](C)C(=O)N1CCC[C@H]1C(=O)O. The van der Waals surface area contributed by atoms with Crippen LogP contribution in [0.4, 0.5) is 0 Å². The molecule has 11 heteroatoms. The molecule has 11 nitrogen and oxygen atoms in total. The van der Waals surface area contributed by atoms with Crippen molar-refractivity contribution in [1.82, 2.24) is 20.4 Å². The van der Waals surface area contributed by atoms with Crippen molar-refractivity contribution < 1.29 is 29.1 Å². The number of hydrogen-bond donors (Lipinski definition) is 4. The molecule has 0 aliphatic carbocycles. The minimum Gasteiger partial charge on any atom is -0.480 e.